The molecular weight excluding hydrogens is 339 g/mol. The van der Waals surface area contributed by atoms with Crippen molar-refractivity contribution >= 4 is 28.1 Å². The highest BCUT2D eigenvalue weighted by Crippen LogP contribution is 2.25. The average Bonchev–Trinajstić information content (AvgIpc) is 2.97. The first kappa shape index (κ1) is 17.7. The standard InChI is InChI=1S/C18H23FN4OS/c1-3-20-18-21-12(2)16(25-18)17(24)22-13-8-10-23(11-9-13)15-7-5-4-6-14(15)19/h4-7,13H,3,8-11H2,1-2H3,(H,20,21)(H,22,24). The molecule has 0 atom stereocenters. The first-order valence-electron chi connectivity index (χ1n) is 8.60. The molecule has 0 aliphatic carbocycles. The molecular formula is C18H23FN4OS. The highest BCUT2D eigenvalue weighted by molar-refractivity contribution is 7.17. The van der Waals surface area contributed by atoms with Gasteiger partial charge in [0.1, 0.15) is 10.7 Å². The lowest BCUT2D eigenvalue weighted by atomic mass is 10.0. The number of carbonyl (C=O) groups excluding carboxylic acids is 1. The number of amides is 1. The Labute approximate surface area is 151 Å². The number of piperidine rings is 1. The van der Waals surface area contributed by atoms with E-state index in [-0.39, 0.29) is 17.8 Å². The number of carbonyl (C=O) groups is 1. The van der Waals surface area contributed by atoms with E-state index in [1.165, 1.54) is 17.4 Å². The Hall–Kier alpha value is -2.15. The van der Waals surface area contributed by atoms with Crippen molar-refractivity contribution in [1.82, 2.24) is 10.3 Å². The third-order valence-electron chi connectivity index (χ3n) is 4.35. The number of nitrogens with one attached hydrogen (secondary N) is 2. The van der Waals surface area contributed by atoms with Crippen LogP contribution in [0.25, 0.3) is 0 Å². The lowest BCUT2D eigenvalue weighted by Gasteiger charge is -2.34. The minimum absolute atomic E-state index is 0.0662. The predicted molar refractivity (Wildman–Crippen MR) is 100 cm³/mol. The fourth-order valence-corrected chi connectivity index (χ4v) is 4.00. The molecule has 0 saturated carbocycles. The minimum Gasteiger partial charge on any atom is -0.369 e. The van der Waals surface area contributed by atoms with Crippen LogP contribution < -0.4 is 15.5 Å². The molecule has 2 heterocycles. The van der Waals surface area contributed by atoms with Gasteiger partial charge in [-0.05, 0) is 38.8 Å². The Kier molecular flexibility index (Phi) is 5.53. The van der Waals surface area contributed by atoms with Crippen molar-refractivity contribution < 1.29 is 9.18 Å². The van der Waals surface area contributed by atoms with Crippen LogP contribution in [-0.2, 0) is 0 Å². The molecule has 1 aliphatic rings. The summed E-state index contributed by atoms with van der Waals surface area (Å²) in [5, 5.41) is 7.02. The summed E-state index contributed by atoms with van der Waals surface area (Å²) in [5.74, 6) is -0.260. The first-order chi connectivity index (χ1) is 12.1. The van der Waals surface area contributed by atoms with E-state index < -0.39 is 0 Å². The van der Waals surface area contributed by atoms with Gasteiger partial charge in [-0.1, -0.05) is 23.5 Å². The van der Waals surface area contributed by atoms with E-state index in [1.807, 2.05) is 24.8 Å². The number of hydrogen-bond acceptors (Lipinski definition) is 5. The van der Waals surface area contributed by atoms with Gasteiger partial charge in [0.2, 0.25) is 0 Å². The number of nitrogens with zero attached hydrogens (tertiary/aromatic N) is 2. The third-order valence-corrected chi connectivity index (χ3v) is 5.47. The fraction of sp³-hybridized carbons (Fsp3) is 0.444. The summed E-state index contributed by atoms with van der Waals surface area (Å²) in [6.45, 7) is 6.10. The number of aromatic nitrogens is 1. The molecule has 1 aromatic carbocycles. The Balaban J connectivity index is 1.57. The highest BCUT2D eigenvalue weighted by Gasteiger charge is 2.24. The number of rotatable bonds is 5. The van der Waals surface area contributed by atoms with Crippen LogP contribution in [0.3, 0.4) is 0 Å². The molecule has 3 rings (SSSR count). The summed E-state index contributed by atoms with van der Waals surface area (Å²) < 4.78 is 13.9. The fourth-order valence-electron chi connectivity index (χ4n) is 3.06. The highest BCUT2D eigenvalue weighted by atomic mass is 32.1. The van der Waals surface area contributed by atoms with Crippen molar-refractivity contribution in [3.63, 3.8) is 0 Å². The monoisotopic (exact) mass is 362 g/mol. The number of aryl methyl sites for hydroxylation is 1. The number of halogens is 1. The summed E-state index contributed by atoms with van der Waals surface area (Å²) >= 11 is 1.39. The van der Waals surface area contributed by atoms with E-state index in [0.29, 0.717) is 10.6 Å². The number of para-hydroxylation sites is 1. The van der Waals surface area contributed by atoms with E-state index in [4.69, 9.17) is 0 Å². The Morgan fingerprint density at radius 1 is 1.36 bits per heavy atom. The van der Waals surface area contributed by atoms with Crippen molar-refractivity contribution in [1.29, 1.82) is 0 Å². The molecule has 0 unspecified atom stereocenters. The number of anilines is 2. The van der Waals surface area contributed by atoms with Crippen molar-refractivity contribution in [2.24, 2.45) is 0 Å². The second-order valence-electron chi connectivity index (χ2n) is 6.15. The van der Waals surface area contributed by atoms with Crippen molar-refractivity contribution in [3.8, 4) is 0 Å². The average molecular weight is 362 g/mol. The van der Waals surface area contributed by atoms with Gasteiger partial charge in [-0.15, -0.1) is 0 Å². The normalized spacial score (nSPS) is 15.2. The van der Waals surface area contributed by atoms with Gasteiger partial charge in [0.15, 0.2) is 5.13 Å². The van der Waals surface area contributed by atoms with Crippen LogP contribution in [0.2, 0.25) is 0 Å². The molecule has 0 bridgehead atoms. The SMILES string of the molecule is CCNc1nc(C)c(C(=O)NC2CCN(c3ccccc3F)CC2)s1. The maximum absolute atomic E-state index is 13.9. The molecule has 1 aliphatic heterocycles. The molecule has 2 aromatic rings. The quantitative estimate of drug-likeness (QED) is 0.856. The third kappa shape index (κ3) is 4.10. The Morgan fingerprint density at radius 3 is 2.76 bits per heavy atom. The van der Waals surface area contributed by atoms with Crippen molar-refractivity contribution in [2.45, 2.75) is 32.7 Å². The molecule has 5 nitrogen and oxygen atoms in total. The maximum atomic E-state index is 13.9. The zero-order valence-corrected chi connectivity index (χ0v) is 15.3. The summed E-state index contributed by atoms with van der Waals surface area (Å²) in [7, 11) is 0. The van der Waals surface area contributed by atoms with E-state index in [1.54, 1.807) is 12.1 Å². The molecule has 0 spiro atoms. The van der Waals surface area contributed by atoms with Gasteiger partial charge in [0.25, 0.3) is 5.91 Å². The van der Waals surface area contributed by atoms with Gasteiger partial charge >= 0.3 is 0 Å². The van der Waals surface area contributed by atoms with Crippen LogP contribution in [0.1, 0.15) is 35.1 Å². The second kappa shape index (κ2) is 7.82. The van der Waals surface area contributed by atoms with Crippen molar-refractivity contribution in [2.75, 3.05) is 29.9 Å². The number of thiazole rings is 1. The topological polar surface area (TPSA) is 57.3 Å². The number of hydrogen-bond donors (Lipinski definition) is 2. The second-order valence-corrected chi connectivity index (χ2v) is 7.15. The summed E-state index contributed by atoms with van der Waals surface area (Å²) in [6.07, 6.45) is 1.61. The van der Waals surface area contributed by atoms with Crippen molar-refractivity contribution in [3.05, 3.63) is 40.7 Å². The van der Waals surface area contributed by atoms with E-state index >= 15 is 0 Å². The molecule has 1 saturated heterocycles. The molecule has 1 aromatic heterocycles. The Bertz CT molecular complexity index is 740. The number of benzene rings is 1. The molecule has 1 amide bonds. The predicted octanol–water partition coefficient (Wildman–Crippen LogP) is 3.42. The minimum atomic E-state index is -0.193. The largest absolute Gasteiger partial charge is 0.369 e. The van der Waals surface area contributed by atoms with E-state index in [2.05, 4.69) is 15.6 Å². The van der Waals surface area contributed by atoms with Crippen LogP contribution in [0.15, 0.2) is 24.3 Å². The van der Waals surface area contributed by atoms with E-state index in [0.717, 1.165) is 43.3 Å². The molecule has 7 heteroatoms. The van der Waals surface area contributed by atoms with Crippen LogP contribution in [-0.4, -0.2) is 36.6 Å². The van der Waals surface area contributed by atoms with Crippen LogP contribution in [0.4, 0.5) is 15.2 Å². The zero-order chi connectivity index (χ0) is 17.8. The lowest BCUT2D eigenvalue weighted by molar-refractivity contribution is 0.0934. The van der Waals surface area contributed by atoms with Crippen LogP contribution in [0.5, 0.6) is 0 Å². The summed E-state index contributed by atoms with van der Waals surface area (Å²) in [4.78, 5) is 19.6. The maximum Gasteiger partial charge on any atom is 0.263 e. The molecule has 1 fully saturated rings. The molecule has 25 heavy (non-hydrogen) atoms. The molecule has 134 valence electrons. The molecule has 2 N–H and O–H groups in total. The first-order valence-corrected chi connectivity index (χ1v) is 9.41. The summed E-state index contributed by atoms with van der Waals surface area (Å²) in [6, 6.07) is 6.94. The van der Waals surface area contributed by atoms with Gasteiger partial charge in [0.05, 0.1) is 11.4 Å². The van der Waals surface area contributed by atoms with Gasteiger partial charge in [-0.2, -0.15) is 0 Å². The molecule has 0 radical (unpaired) electrons. The van der Waals surface area contributed by atoms with Gasteiger partial charge < -0.3 is 15.5 Å². The van der Waals surface area contributed by atoms with Gasteiger partial charge in [-0.25, -0.2) is 9.37 Å². The Morgan fingerprint density at radius 2 is 2.08 bits per heavy atom. The zero-order valence-electron chi connectivity index (χ0n) is 14.5. The van der Waals surface area contributed by atoms with Crippen LogP contribution in [0, 0.1) is 12.7 Å². The van der Waals surface area contributed by atoms with Gasteiger partial charge in [0, 0.05) is 25.7 Å². The van der Waals surface area contributed by atoms with E-state index in [9.17, 15) is 9.18 Å². The van der Waals surface area contributed by atoms with Crippen LogP contribution >= 0.6 is 11.3 Å². The lowest BCUT2D eigenvalue weighted by Crippen LogP contribution is -2.44. The van der Waals surface area contributed by atoms with Gasteiger partial charge in [-0.3, -0.25) is 4.79 Å². The summed E-state index contributed by atoms with van der Waals surface area (Å²) in [5.41, 5.74) is 1.39. The smallest absolute Gasteiger partial charge is 0.263 e.